The summed E-state index contributed by atoms with van der Waals surface area (Å²) in [5.74, 6) is -1.11. The van der Waals surface area contributed by atoms with Gasteiger partial charge >= 0.3 is 6.09 Å². The molecule has 35 heavy (non-hydrogen) atoms. The van der Waals surface area contributed by atoms with E-state index in [9.17, 15) is 19.4 Å². The molecule has 0 saturated heterocycles. The molecule has 0 spiro atoms. The molecule has 3 aromatic carbocycles. The average Bonchev–Trinajstić information content (AvgIpc) is 2.85. The highest BCUT2D eigenvalue weighted by molar-refractivity contribution is 7.57. The molecule has 0 aliphatic rings. The number of alkyl carbamates (subject to hydrolysis) is 1. The minimum atomic E-state index is -3.91. The second-order valence-corrected chi connectivity index (χ2v) is 10.9. The van der Waals surface area contributed by atoms with Crippen molar-refractivity contribution in [3.8, 4) is 0 Å². The molecule has 3 N–H and O–H groups in total. The van der Waals surface area contributed by atoms with Crippen LogP contribution in [-0.4, -0.2) is 28.2 Å². The fourth-order valence-electron chi connectivity index (χ4n) is 3.61. The number of aryl methyl sites for hydroxylation is 1. The van der Waals surface area contributed by atoms with Crippen molar-refractivity contribution in [3.05, 3.63) is 107 Å². The van der Waals surface area contributed by atoms with Crippen molar-refractivity contribution in [2.75, 3.05) is 0 Å². The minimum absolute atomic E-state index is 0.0375. The zero-order valence-corrected chi connectivity index (χ0v) is 20.6. The van der Waals surface area contributed by atoms with Crippen molar-refractivity contribution in [1.82, 2.24) is 5.32 Å². The highest BCUT2D eigenvalue weighted by Crippen LogP contribution is 2.50. The van der Waals surface area contributed by atoms with Crippen LogP contribution in [0.5, 0.6) is 0 Å². The third-order valence-corrected chi connectivity index (χ3v) is 7.63. The van der Waals surface area contributed by atoms with Crippen LogP contribution < -0.4 is 5.32 Å². The Balaban J connectivity index is 1.62. The molecule has 1 amide bonds. The number of hydrogen-bond acceptors (Lipinski definition) is 5. The monoisotopic (exact) mass is 497 g/mol. The van der Waals surface area contributed by atoms with Gasteiger partial charge in [0.2, 0.25) is 7.37 Å². The van der Waals surface area contributed by atoms with E-state index in [0.717, 1.165) is 16.7 Å². The molecule has 3 aromatic rings. The van der Waals surface area contributed by atoms with Gasteiger partial charge in [0.25, 0.3) is 0 Å². The molecule has 0 saturated carbocycles. The molecule has 0 aliphatic heterocycles. The van der Waals surface area contributed by atoms with E-state index in [2.05, 4.69) is 5.32 Å². The van der Waals surface area contributed by atoms with E-state index >= 15 is 0 Å². The van der Waals surface area contributed by atoms with Gasteiger partial charge in [-0.25, -0.2) is 4.79 Å². The van der Waals surface area contributed by atoms with E-state index in [1.54, 1.807) is 6.07 Å². The van der Waals surface area contributed by atoms with Gasteiger partial charge in [0, 0.05) is 6.42 Å². The Morgan fingerprint density at radius 3 is 2.11 bits per heavy atom. The van der Waals surface area contributed by atoms with E-state index in [1.807, 2.05) is 85.8 Å². The summed E-state index contributed by atoms with van der Waals surface area (Å²) in [6.07, 6.45) is -1.96. The lowest BCUT2D eigenvalue weighted by atomic mass is 10.2. The number of ether oxygens (including phenoxy) is 2. The maximum Gasteiger partial charge on any atom is 0.408 e. The van der Waals surface area contributed by atoms with Crippen LogP contribution in [-0.2, 0) is 33.4 Å². The number of rotatable bonds is 12. The topological polar surface area (TPSA) is 105 Å². The number of nitrogens with one attached hydrogen (secondary N) is 1. The maximum atomic E-state index is 13.4. The van der Waals surface area contributed by atoms with Gasteiger partial charge in [-0.05, 0) is 30.0 Å². The lowest BCUT2D eigenvalue weighted by molar-refractivity contribution is -0.112. The predicted octanol–water partition coefficient (Wildman–Crippen LogP) is 5.33. The zero-order chi connectivity index (χ0) is 25.1. The molecular formula is C27H32NO6P. The van der Waals surface area contributed by atoms with Crippen LogP contribution >= 0.6 is 7.37 Å². The van der Waals surface area contributed by atoms with E-state index in [0.29, 0.717) is 5.56 Å². The molecule has 3 unspecified atom stereocenters. The Bertz CT molecular complexity index is 1110. The van der Waals surface area contributed by atoms with E-state index in [-0.39, 0.29) is 32.2 Å². The number of aliphatic hydroxyl groups excluding tert-OH is 1. The van der Waals surface area contributed by atoms with Crippen LogP contribution in [0.25, 0.3) is 0 Å². The van der Waals surface area contributed by atoms with Gasteiger partial charge in [-0.3, -0.25) is 4.57 Å². The van der Waals surface area contributed by atoms with Crippen molar-refractivity contribution >= 4 is 13.5 Å². The molecule has 0 heterocycles. The number of benzene rings is 3. The average molecular weight is 498 g/mol. The first-order chi connectivity index (χ1) is 16.8. The van der Waals surface area contributed by atoms with Crippen molar-refractivity contribution in [1.29, 1.82) is 0 Å². The third kappa shape index (κ3) is 9.30. The number of hydrogen-bond donors (Lipinski definition) is 3. The van der Waals surface area contributed by atoms with Crippen LogP contribution in [0.2, 0.25) is 0 Å². The van der Waals surface area contributed by atoms with E-state index in [1.165, 1.54) is 0 Å². The molecule has 0 fully saturated rings. The molecule has 0 aromatic heterocycles. The minimum Gasteiger partial charge on any atom is -0.445 e. The van der Waals surface area contributed by atoms with Crippen molar-refractivity contribution in [2.45, 2.75) is 51.2 Å². The summed E-state index contributed by atoms with van der Waals surface area (Å²) in [7, 11) is -3.91. The molecule has 0 aliphatic carbocycles. The summed E-state index contributed by atoms with van der Waals surface area (Å²) in [6.45, 7) is 2.15. The predicted molar refractivity (Wildman–Crippen MR) is 135 cm³/mol. The first-order valence-corrected chi connectivity index (χ1v) is 13.4. The first-order valence-electron chi connectivity index (χ1n) is 11.5. The van der Waals surface area contributed by atoms with Gasteiger partial charge in [0.05, 0.1) is 12.8 Å². The zero-order valence-electron chi connectivity index (χ0n) is 19.7. The van der Waals surface area contributed by atoms with Crippen LogP contribution in [0.4, 0.5) is 4.79 Å². The molecule has 3 atom stereocenters. The second kappa shape index (κ2) is 13.2. The highest BCUT2D eigenvalue weighted by Gasteiger charge is 2.33. The van der Waals surface area contributed by atoms with Crippen LogP contribution in [0.1, 0.15) is 35.1 Å². The van der Waals surface area contributed by atoms with Gasteiger partial charge in [0.15, 0.2) is 6.29 Å². The quantitative estimate of drug-likeness (QED) is 0.231. The van der Waals surface area contributed by atoms with Crippen LogP contribution in [0, 0.1) is 6.92 Å². The highest BCUT2D eigenvalue weighted by atomic mass is 31.2. The summed E-state index contributed by atoms with van der Waals surface area (Å²) < 4.78 is 24.1. The van der Waals surface area contributed by atoms with Crippen LogP contribution in [0.15, 0.2) is 84.9 Å². The number of aliphatic hydroxyl groups is 1. The smallest absolute Gasteiger partial charge is 0.408 e. The summed E-state index contributed by atoms with van der Waals surface area (Å²) in [5, 5.41) is 12.9. The molecule has 8 heteroatoms. The van der Waals surface area contributed by atoms with E-state index < -0.39 is 25.5 Å². The molecular weight excluding hydrogens is 465 g/mol. The fraction of sp³-hybridized carbons (Fsp3) is 0.296. The summed E-state index contributed by atoms with van der Waals surface area (Å²) in [4.78, 5) is 23.4. The van der Waals surface area contributed by atoms with Gasteiger partial charge in [-0.2, -0.15) is 0 Å². The lowest BCUT2D eigenvalue weighted by Gasteiger charge is -2.25. The van der Waals surface area contributed by atoms with Crippen LogP contribution in [0.3, 0.4) is 0 Å². The second-order valence-electron chi connectivity index (χ2n) is 8.45. The van der Waals surface area contributed by atoms with E-state index in [4.69, 9.17) is 9.47 Å². The standard InChI is InChI=1S/C27H32NO6P/c1-21-9-8-14-24(17-21)20-35(31,32)25(28-27(30)34-19-23-12-6-3-7-13-23)15-16-26(29)33-18-22-10-4-2-5-11-22/h2-14,17,25-26,29H,15-16,18-20H2,1H3,(H,28,30)(H,31,32). The Labute approximate surface area is 206 Å². The third-order valence-electron chi connectivity index (χ3n) is 5.45. The number of carbonyl (C=O) groups excluding carboxylic acids is 1. The summed E-state index contributed by atoms with van der Waals surface area (Å²) in [6, 6.07) is 25.9. The molecule has 3 rings (SSSR count). The molecule has 0 radical (unpaired) electrons. The molecule has 0 bridgehead atoms. The number of amides is 1. The van der Waals surface area contributed by atoms with Gasteiger partial charge < -0.3 is 24.8 Å². The largest absolute Gasteiger partial charge is 0.445 e. The SMILES string of the molecule is Cc1cccc(CP(=O)(O)C(CCC(O)OCc2ccccc2)NC(=O)OCc2ccccc2)c1. The van der Waals surface area contributed by atoms with Gasteiger partial charge in [-0.15, -0.1) is 0 Å². The Kier molecular flexibility index (Phi) is 10.1. The van der Waals surface area contributed by atoms with Crippen molar-refractivity contribution in [3.63, 3.8) is 0 Å². The van der Waals surface area contributed by atoms with Gasteiger partial charge in [0.1, 0.15) is 12.4 Å². The first kappa shape index (κ1) is 26.6. The van der Waals surface area contributed by atoms with Gasteiger partial charge in [-0.1, -0.05) is 90.5 Å². The summed E-state index contributed by atoms with van der Waals surface area (Å²) >= 11 is 0. The number of carbonyl (C=O) groups is 1. The summed E-state index contributed by atoms with van der Waals surface area (Å²) in [5.41, 5.74) is 3.37. The maximum absolute atomic E-state index is 13.4. The van der Waals surface area contributed by atoms with Crippen molar-refractivity contribution in [2.24, 2.45) is 0 Å². The normalized spacial score (nSPS) is 14.5. The Morgan fingerprint density at radius 1 is 0.886 bits per heavy atom. The Morgan fingerprint density at radius 2 is 1.49 bits per heavy atom. The molecule has 7 nitrogen and oxygen atoms in total. The fourth-order valence-corrected chi connectivity index (χ4v) is 5.41. The van der Waals surface area contributed by atoms with Crippen molar-refractivity contribution < 1.29 is 28.8 Å². The lowest BCUT2D eigenvalue weighted by Crippen LogP contribution is -2.36. The Hall–Kier alpha value is -2.96. The molecule has 186 valence electrons.